The molecule has 0 saturated carbocycles. The number of para-hydroxylation sites is 2. The summed E-state index contributed by atoms with van der Waals surface area (Å²) >= 11 is 0. The van der Waals surface area contributed by atoms with E-state index in [9.17, 15) is 9.59 Å². The molecular weight excluding hydrogens is 328 g/mol. The van der Waals surface area contributed by atoms with Gasteiger partial charge in [-0.1, -0.05) is 12.1 Å². The van der Waals surface area contributed by atoms with Crippen molar-refractivity contribution in [3.05, 3.63) is 76.2 Å². The molecule has 0 amide bonds. The van der Waals surface area contributed by atoms with Gasteiger partial charge in [-0.2, -0.15) is 5.10 Å². The maximum atomic E-state index is 12.8. The lowest BCUT2D eigenvalue weighted by Gasteiger charge is -2.12. The topological polar surface area (TPSA) is 59.6 Å². The van der Waals surface area contributed by atoms with E-state index in [2.05, 4.69) is 5.10 Å². The molecular formula is C20H18N4O2. The summed E-state index contributed by atoms with van der Waals surface area (Å²) in [6, 6.07) is 16.4. The molecule has 2 heterocycles. The van der Waals surface area contributed by atoms with Gasteiger partial charge in [0.25, 0.3) is 5.56 Å². The van der Waals surface area contributed by atoms with Crippen molar-refractivity contribution < 1.29 is 4.79 Å². The number of hydrogen-bond donors (Lipinski definition) is 0. The summed E-state index contributed by atoms with van der Waals surface area (Å²) in [4.78, 5) is 27.4. The van der Waals surface area contributed by atoms with Gasteiger partial charge in [0.05, 0.1) is 11.0 Å². The lowest BCUT2D eigenvalue weighted by atomic mass is 10.1. The number of benzene rings is 2. The van der Waals surface area contributed by atoms with Gasteiger partial charge in [-0.25, -0.2) is 4.52 Å². The second-order valence-electron chi connectivity index (χ2n) is 6.45. The van der Waals surface area contributed by atoms with Crippen LogP contribution in [0.3, 0.4) is 0 Å². The minimum absolute atomic E-state index is 0.182. The molecule has 0 radical (unpaired) electrons. The first-order valence-corrected chi connectivity index (χ1v) is 8.27. The van der Waals surface area contributed by atoms with E-state index in [4.69, 9.17) is 0 Å². The van der Waals surface area contributed by atoms with Gasteiger partial charge < -0.3 is 9.47 Å². The Morgan fingerprint density at radius 3 is 2.27 bits per heavy atom. The first-order chi connectivity index (χ1) is 12.5. The van der Waals surface area contributed by atoms with Crippen molar-refractivity contribution in [3.63, 3.8) is 0 Å². The molecule has 6 nitrogen and oxygen atoms in total. The summed E-state index contributed by atoms with van der Waals surface area (Å²) in [7, 11) is 5.61. The number of fused-ring (bicyclic) bond motifs is 3. The maximum Gasteiger partial charge on any atom is 0.276 e. The molecule has 6 heteroatoms. The molecule has 4 rings (SSSR count). The highest BCUT2D eigenvalue weighted by Gasteiger charge is 2.17. The zero-order chi connectivity index (χ0) is 18.4. The number of carbonyl (C=O) groups is 1. The van der Waals surface area contributed by atoms with E-state index < -0.39 is 0 Å². The molecule has 2 aromatic heterocycles. The Morgan fingerprint density at radius 2 is 1.62 bits per heavy atom. The number of nitrogens with zero attached hydrogens (tertiary/aromatic N) is 4. The van der Waals surface area contributed by atoms with Gasteiger partial charge in [-0.05, 0) is 36.4 Å². The van der Waals surface area contributed by atoms with Gasteiger partial charge in [0, 0.05) is 38.5 Å². The van der Waals surface area contributed by atoms with E-state index >= 15 is 0 Å². The molecule has 0 aliphatic rings. The highest BCUT2D eigenvalue weighted by molar-refractivity contribution is 6.08. The Kier molecular flexibility index (Phi) is 3.61. The molecule has 26 heavy (non-hydrogen) atoms. The second-order valence-corrected chi connectivity index (χ2v) is 6.45. The standard InChI is InChI=1S/C20H18N4O2/c1-22(2)14-10-8-13(9-11-14)19(25)15-12-18-20(26)23(3)16-6-4-5-7-17(16)24(18)21-15/h4-12H,1-3H3. The maximum absolute atomic E-state index is 12.8. The number of anilines is 1. The van der Waals surface area contributed by atoms with Gasteiger partial charge in [0.15, 0.2) is 0 Å². The summed E-state index contributed by atoms with van der Waals surface area (Å²) in [5.41, 5.74) is 3.57. The molecule has 0 fully saturated rings. The van der Waals surface area contributed by atoms with Crippen LogP contribution in [0.5, 0.6) is 0 Å². The minimum Gasteiger partial charge on any atom is -0.378 e. The Bertz CT molecular complexity index is 1200. The number of aromatic nitrogens is 3. The molecule has 0 bridgehead atoms. The van der Waals surface area contributed by atoms with Crippen molar-refractivity contribution >= 4 is 28.0 Å². The number of carbonyl (C=O) groups excluding carboxylic acids is 1. The van der Waals surface area contributed by atoms with Gasteiger partial charge in [0.1, 0.15) is 11.2 Å². The predicted molar refractivity (Wildman–Crippen MR) is 102 cm³/mol. The van der Waals surface area contributed by atoms with Gasteiger partial charge in [-0.15, -0.1) is 0 Å². The van der Waals surface area contributed by atoms with Crippen LogP contribution in [-0.2, 0) is 7.05 Å². The van der Waals surface area contributed by atoms with Gasteiger partial charge in [0.2, 0.25) is 5.78 Å². The molecule has 0 spiro atoms. The molecule has 2 aromatic carbocycles. The molecule has 0 aliphatic heterocycles. The minimum atomic E-state index is -0.204. The summed E-state index contributed by atoms with van der Waals surface area (Å²) < 4.78 is 3.13. The van der Waals surface area contributed by atoms with Crippen molar-refractivity contribution in [2.75, 3.05) is 19.0 Å². The Hall–Kier alpha value is -3.41. The lowest BCUT2D eigenvalue weighted by Crippen LogP contribution is -2.19. The highest BCUT2D eigenvalue weighted by atomic mass is 16.1. The smallest absolute Gasteiger partial charge is 0.276 e. The lowest BCUT2D eigenvalue weighted by molar-refractivity contribution is 0.103. The van der Waals surface area contributed by atoms with Crippen molar-refractivity contribution in [2.24, 2.45) is 7.05 Å². The number of aryl methyl sites for hydroxylation is 1. The van der Waals surface area contributed by atoms with E-state index in [1.165, 1.54) is 0 Å². The molecule has 130 valence electrons. The number of ketones is 1. The van der Waals surface area contributed by atoms with Gasteiger partial charge in [-0.3, -0.25) is 9.59 Å². The first-order valence-electron chi connectivity index (χ1n) is 8.27. The fourth-order valence-electron chi connectivity index (χ4n) is 3.09. The number of rotatable bonds is 3. The zero-order valence-electron chi connectivity index (χ0n) is 14.8. The fourth-order valence-corrected chi connectivity index (χ4v) is 3.09. The van der Waals surface area contributed by atoms with E-state index in [1.807, 2.05) is 55.4 Å². The normalized spacial score (nSPS) is 11.2. The molecule has 0 unspecified atom stereocenters. The van der Waals surface area contributed by atoms with Crippen LogP contribution in [0.2, 0.25) is 0 Å². The summed E-state index contributed by atoms with van der Waals surface area (Å²) in [6.45, 7) is 0. The van der Waals surface area contributed by atoms with Gasteiger partial charge >= 0.3 is 0 Å². The largest absolute Gasteiger partial charge is 0.378 e. The van der Waals surface area contributed by atoms with E-state index in [-0.39, 0.29) is 17.0 Å². The zero-order valence-corrected chi connectivity index (χ0v) is 14.8. The second kappa shape index (κ2) is 5.84. The fraction of sp³-hybridized carbons (Fsp3) is 0.150. The third-order valence-corrected chi connectivity index (χ3v) is 4.58. The molecule has 0 saturated heterocycles. The average molecular weight is 346 g/mol. The van der Waals surface area contributed by atoms with Crippen LogP contribution >= 0.6 is 0 Å². The summed E-state index contributed by atoms with van der Waals surface area (Å²) in [6.07, 6.45) is 0. The van der Waals surface area contributed by atoms with E-state index in [0.29, 0.717) is 11.1 Å². The summed E-state index contributed by atoms with van der Waals surface area (Å²) in [5, 5.41) is 4.42. The van der Waals surface area contributed by atoms with Crippen LogP contribution in [-0.4, -0.2) is 34.1 Å². The molecule has 0 aliphatic carbocycles. The quantitative estimate of drug-likeness (QED) is 0.535. The van der Waals surface area contributed by atoms with Crippen molar-refractivity contribution in [1.29, 1.82) is 0 Å². The van der Waals surface area contributed by atoms with Crippen LogP contribution in [0.15, 0.2) is 59.4 Å². The van der Waals surface area contributed by atoms with E-state index in [0.717, 1.165) is 16.7 Å². The Labute approximate surface area is 149 Å². The third-order valence-electron chi connectivity index (χ3n) is 4.58. The van der Waals surface area contributed by atoms with Crippen molar-refractivity contribution in [3.8, 4) is 0 Å². The average Bonchev–Trinajstić information content (AvgIpc) is 3.11. The van der Waals surface area contributed by atoms with Crippen LogP contribution in [0, 0.1) is 0 Å². The van der Waals surface area contributed by atoms with Crippen LogP contribution < -0.4 is 10.5 Å². The highest BCUT2D eigenvalue weighted by Crippen LogP contribution is 2.18. The third kappa shape index (κ3) is 2.38. The Balaban J connectivity index is 1.87. The van der Waals surface area contributed by atoms with E-state index in [1.54, 1.807) is 34.3 Å². The first kappa shape index (κ1) is 16.1. The van der Waals surface area contributed by atoms with Crippen LogP contribution in [0.4, 0.5) is 5.69 Å². The van der Waals surface area contributed by atoms with Crippen LogP contribution in [0.1, 0.15) is 16.1 Å². The van der Waals surface area contributed by atoms with Crippen molar-refractivity contribution in [1.82, 2.24) is 14.2 Å². The number of hydrogen-bond acceptors (Lipinski definition) is 4. The predicted octanol–water partition coefficient (Wildman–Crippen LogP) is 2.48. The molecule has 0 N–H and O–H groups in total. The SMILES string of the molecule is CN(C)c1ccc(C(=O)c2cc3c(=O)n(C)c4ccccc4n3n2)cc1. The van der Waals surface area contributed by atoms with Crippen molar-refractivity contribution in [2.45, 2.75) is 0 Å². The monoisotopic (exact) mass is 346 g/mol. The Morgan fingerprint density at radius 1 is 0.962 bits per heavy atom. The van der Waals surface area contributed by atoms with Crippen LogP contribution in [0.25, 0.3) is 16.6 Å². The molecule has 0 atom stereocenters. The molecule has 4 aromatic rings. The summed E-state index contributed by atoms with van der Waals surface area (Å²) in [5.74, 6) is -0.204.